The van der Waals surface area contributed by atoms with Gasteiger partial charge in [-0.3, -0.25) is 14.4 Å². The quantitative estimate of drug-likeness (QED) is 0.726. The van der Waals surface area contributed by atoms with Crippen LogP contribution >= 0.6 is 11.6 Å². The highest BCUT2D eigenvalue weighted by molar-refractivity contribution is 6.31. The zero-order valence-corrected chi connectivity index (χ0v) is 15.0. The number of hydrogen-bond donors (Lipinski definition) is 2. The summed E-state index contributed by atoms with van der Waals surface area (Å²) >= 11 is 5.98. The molecule has 0 saturated heterocycles. The van der Waals surface area contributed by atoms with Crippen molar-refractivity contribution >= 4 is 40.8 Å². The summed E-state index contributed by atoms with van der Waals surface area (Å²) in [5.41, 5.74) is 1.94. The average Bonchev–Trinajstić information content (AvgIpc) is 2.63. The number of esters is 1. The van der Waals surface area contributed by atoms with Crippen molar-refractivity contribution in [2.45, 2.75) is 19.8 Å². The average molecular weight is 375 g/mol. The van der Waals surface area contributed by atoms with E-state index in [4.69, 9.17) is 16.3 Å². The summed E-state index contributed by atoms with van der Waals surface area (Å²) in [7, 11) is 0. The summed E-state index contributed by atoms with van der Waals surface area (Å²) in [6.07, 6.45) is -0.134. The first-order chi connectivity index (χ1) is 12.5. The first kappa shape index (κ1) is 19.5. The molecule has 2 rings (SSSR count). The monoisotopic (exact) mass is 374 g/mol. The van der Waals surface area contributed by atoms with Crippen LogP contribution in [0.4, 0.5) is 11.4 Å². The van der Waals surface area contributed by atoms with Crippen molar-refractivity contribution in [3.63, 3.8) is 0 Å². The van der Waals surface area contributed by atoms with Crippen LogP contribution < -0.4 is 10.6 Å². The number of carbonyl (C=O) groups is 3. The maximum atomic E-state index is 11.8. The van der Waals surface area contributed by atoms with Crippen LogP contribution in [0.25, 0.3) is 0 Å². The van der Waals surface area contributed by atoms with Crippen LogP contribution in [0.3, 0.4) is 0 Å². The van der Waals surface area contributed by atoms with Gasteiger partial charge in [0.25, 0.3) is 5.91 Å². The van der Waals surface area contributed by atoms with Crippen molar-refractivity contribution in [1.82, 2.24) is 0 Å². The maximum absolute atomic E-state index is 11.8. The van der Waals surface area contributed by atoms with Crippen LogP contribution in [0.5, 0.6) is 0 Å². The summed E-state index contributed by atoms with van der Waals surface area (Å²) in [6.45, 7) is 1.35. The predicted molar refractivity (Wildman–Crippen MR) is 100 cm³/mol. The molecule has 0 unspecified atom stereocenters. The first-order valence-corrected chi connectivity index (χ1v) is 8.39. The number of carbonyl (C=O) groups excluding carboxylic acids is 3. The Hall–Kier alpha value is -2.86. The molecule has 0 heterocycles. The van der Waals surface area contributed by atoms with Gasteiger partial charge >= 0.3 is 5.97 Å². The van der Waals surface area contributed by atoms with Gasteiger partial charge in [-0.2, -0.15) is 0 Å². The highest BCUT2D eigenvalue weighted by Crippen LogP contribution is 2.22. The van der Waals surface area contributed by atoms with E-state index >= 15 is 0 Å². The van der Waals surface area contributed by atoms with E-state index in [0.717, 1.165) is 5.56 Å². The van der Waals surface area contributed by atoms with E-state index in [1.165, 1.54) is 0 Å². The van der Waals surface area contributed by atoms with Gasteiger partial charge in [-0.1, -0.05) is 35.9 Å². The molecule has 0 fully saturated rings. The molecule has 0 radical (unpaired) electrons. The zero-order chi connectivity index (χ0) is 18.9. The Morgan fingerprint density at radius 3 is 2.38 bits per heavy atom. The van der Waals surface area contributed by atoms with Gasteiger partial charge in [0.2, 0.25) is 5.91 Å². The lowest BCUT2D eigenvalue weighted by Gasteiger charge is -2.10. The summed E-state index contributed by atoms with van der Waals surface area (Å²) in [4.78, 5) is 35.3. The molecular formula is C19H19ClN2O4. The minimum Gasteiger partial charge on any atom is -0.456 e. The number of anilines is 2. The van der Waals surface area contributed by atoms with Crippen LogP contribution in [0.2, 0.25) is 5.02 Å². The standard InChI is InChI=1S/C19H19ClN2O4/c1-13-15(20)8-5-9-16(13)22-18(24)12-26-19(25)11-10-17(23)21-14-6-3-2-4-7-14/h2-9H,10-12H2,1H3,(H,21,23)(H,22,24). The number of ether oxygens (including phenoxy) is 1. The molecule has 7 heteroatoms. The number of para-hydroxylation sites is 1. The fourth-order valence-electron chi connectivity index (χ4n) is 2.11. The Morgan fingerprint density at radius 1 is 0.923 bits per heavy atom. The number of rotatable bonds is 7. The van der Waals surface area contributed by atoms with Crippen molar-refractivity contribution < 1.29 is 19.1 Å². The first-order valence-electron chi connectivity index (χ1n) is 8.01. The SMILES string of the molecule is Cc1c(Cl)cccc1NC(=O)COC(=O)CCC(=O)Nc1ccccc1. The molecule has 0 saturated carbocycles. The van der Waals surface area contributed by atoms with Gasteiger partial charge in [0.05, 0.1) is 6.42 Å². The molecule has 2 N–H and O–H groups in total. The number of halogens is 1. The minimum atomic E-state index is -0.619. The Kier molecular flexibility index (Phi) is 7.17. The zero-order valence-electron chi connectivity index (χ0n) is 14.3. The summed E-state index contributed by atoms with van der Waals surface area (Å²) in [5, 5.41) is 5.82. The van der Waals surface area contributed by atoms with E-state index in [0.29, 0.717) is 16.4 Å². The molecule has 2 aromatic carbocycles. The third-order valence-electron chi connectivity index (χ3n) is 3.52. The summed E-state index contributed by atoms with van der Waals surface area (Å²) in [6, 6.07) is 14.1. The van der Waals surface area contributed by atoms with Gasteiger partial charge in [0.15, 0.2) is 6.61 Å². The van der Waals surface area contributed by atoms with Crippen molar-refractivity contribution in [3.8, 4) is 0 Å². The largest absolute Gasteiger partial charge is 0.456 e. The number of nitrogens with one attached hydrogen (secondary N) is 2. The molecule has 0 bridgehead atoms. The molecular weight excluding hydrogens is 356 g/mol. The molecule has 0 aromatic heterocycles. The van der Waals surface area contributed by atoms with Gasteiger partial charge < -0.3 is 15.4 Å². The van der Waals surface area contributed by atoms with Crippen LogP contribution in [-0.2, 0) is 19.1 Å². The third-order valence-corrected chi connectivity index (χ3v) is 3.93. The van der Waals surface area contributed by atoms with Crippen LogP contribution in [-0.4, -0.2) is 24.4 Å². The van der Waals surface area contributed by atoms with E-state index in [2.05, 4.69) is 10.6 Å². The lowest BCUT2D eigenvalue weighted by Crippen LogP contribution is -2.22. The normalized spacial score (nSPS) is 10.1. The molecule has 0 aliphatic carbocycles. The molecule has 0 spiro atoms. The molecule has 0 aliphatic heterocycles. The molecule has 2 aromatic rings. The fourth-order valence-corrected chi connectivity index (χ4v) is 2.28. The molecule has 2 amide bonds. The Morgan fingerprint density at radius 2 is 1.65 bits per heavy atom. The van der Waals surface area contributed by atoms with Gasteiger partial charge in [-0.25, -0.2) is 0 Å². The fraction of sp³-hybridized carbons (Fsp3) is 0.211. The third kappa shape index (κ3) is 6.22. The lowest BCUT2D eigenvalue weighted by atomic mass is 10.2. The van der Waals surface area contributed by atoms with E-state index in [1.54, 1.807) is 49.4 Å². The van der Waals surface area contributed by atoms with E-state index < -0.39 is 18.5 Å². The molecule has 136 valence electrons. The molecule has 6 nitrogen and oxygen atoms in total. The summed E-state index contributed by atoms with van der Waals surface area (Å²) < 4.78 is 4.88. The topological polar surface area (TPSA) is 84.5 Å². The Labute approximate surface area is 156 Å². The predicted octanol–water partition coefficient (Wildman–Crippen LogP) is 3.55. The molecule has 26 heavy (non-hydrogen) atoms. The van der Waals surface area contributed by atoms with Gasteiger partial charge in [-0.05, 0) is 36.8 Å². The van der Waals surface area contributed by atoms with Crippen molar-refractivity contribution in [2.75, 3.05) is 17.2 Å². The van der Waals surface area contributed by atoms with Crippen LogP contribution in [0, 0.1) is 6.92 Å². The van der Waals surface area contributed by atoms with Crippen molar-refractivity contribution in [2.24, 2.45) is 0 Å². The lowest BCUT2D eigenvalue weighted by molar-refractivity contribution is -0.147. The molecule has 0 aliphatic rings. The second-order valence-corrected chi connectivity index (χ2v) is 5.94. The van der Waals surface area contributed by atoms with Gasteiger partial charge in [0, 0.05) is 22.8 Å². The van der Waals surface area contributed by atoms with Crippen molar-refractivity contribution in [1.29, 1.82) is 0 Å². The number of hydrogen-bond acceptors (Lipinski definition) is 4. The molecule has 0 atom stereocenters. The minimum absolute atomic E-state index is 0.0251. The number of amides is 2. The number of benzene rings is 2. The van der Waals surface area contributed by atoms with E-state index in [-0.39, 0.29) is 18.7 Å². The Balaban J connectivity index is 1.70. The summed E-state index contributed by atoms with van der Waals surface area (Å²) in [5.74, 6) is -1.39. The second kappa shape index (κ2) is 9.58. The van der Waals surface area contributed by atoms with Gasteiger partial charge in [0.1, 0.15) is 0 Å². The smallest absolute Gasteiger partial charge is 0.306 e. The van der Waals surface area contributed by atoms with Crippen LogP contribution in [0.1, 0.15) is 18.4 Å². The highest BCUT2D eigenvalue weighted by atomic mass is 35.5. The van der Waals surface area contributed by atoms with E-state index in [9.17, 15) is 14.4 Å². The van der Waals surface area contributed by atoms with E-state index in [1.807, 2.05) is 6.07 Å². The Bertz CT molecular complexity index is 793. The second-order valence-electron chi connectivity index (χ2n) is 5.54. The highest BCUT2D eigenvalue weighted by Gasteiger charge is 2.12. The van der Waals surface area contributed by atoms with Gasteiger partial charge in [-0.15, -0.1) is 0 Å². The van der Waals surface area contributed by atoms with Crippen LogP contribution in [0.15, 0.2) is 48.5 Å². The van der Waals surface area contributed by atoms with Crippen molar-refractivity contribution in [3.05, 3.63) is 59.1 Å². The maximum Gasteiger partial charge on any atom is 0.306 e.